The average Bonchev–Trinajstić information content (AvgIpc) is 2.53. The predicted octanol–water partition coefficient (Wildman–Crippen LogP) is 0.441. The molecular formula is C9H13N3O3S. The van der Waals surface area contributed by atoms with Crippen LogP contribution in [0.5, 0.6) is 0 Å². The number of aryl methyl sites for hydroxylation is 2. The number of thiol groups is 1. The van der Waals surface area contributed by atoms with Gasteiger partial charge in [-0.05, 0) is 19.9 Å². The minimum atomic E-state index is -1.12. The van der Waals surface area contributed by atoms with Crippen molar-refractivity contribution in [3.63, 3.8) is 0 Å². The van der Waals surface area contributed by atoms with Gasteiger partial charge in [0.15, 0.2) is 0 Å². The third-order valence-corrected chi connectivity index (χ3v) is 2.35. The van der Waals surface area contributed by atoms with Crippen LogP contribution in [0.25, 0.3) is 0 Å². The molecule has 1 rings (SSSR count). The molecule has 16 heavy (non-hydrogen) atoms. The van der Waals surface area contributed by atoms with E-state index in [2.05, 4.69) is 23.0 Å². The van der Waals surface area contributed by atoms with E-state index in [0.717, 1.165) is 4.68 Å². The van der Waals surface area contributed by atoms with E-state index >= 15 is 0 Å². The van der Waals surface area contributed by atoms with E-state index in [1.807, 2.05) is 0 Å². The number of aromatic nitrogens is 2. The summed E-state index contributed by atoms with van der Waals surface area (Å²) >= 11 is 3.85. The zero-order valence-electron chi connectivity index (χ0n) is 8.97. The highest BCUT2D eigenvalue weighted by atomic mass is 32.1. The highest BCUT2D eigenvalue weighted by molar-refractivity contribution is 7.80. The number of nitrogens with one attached hydrogen (secondary N) is 1. The van der Waals surface area contributed by atoms with Crippen LogP contribution in [0.1, 0.15) is 11.4 Å². The van der Waals surface area contributed by atoms with Gasteiger partial charge in [-0.25, -0.2) is 9.59 Å². The molecule has 1 aromatic heterocycles. The first-order valence-corrected chi connectivity index (χ1v) is 5.26. The van der Waals surface area contributed by atoms with E-state index in [1.165, 1.54) is 0 Å². The van der Waals surface area contributed by atoms with Gasteiger partial charge in [-0.3, -0.25) is 0 Å². The molecular weight excluding hydrogens is 230 g/mol. The lowest BCUT2D eigenvalue weighted by Crippen LogP contribution is -2.44. The first-order valence-electron chi connectivity index (χ1n) is 4.63. The minimum absolute atomic E-state index is 0.0281. The molecule has 88 valence electrons. The monoisotopic (exact) mass is 243 g/mol. The molecule has 0 spiro atoms. The van der Waals surface area contributed by atoms with Gasteiger partial charge in [0.2, 0.25) is 0 Å². The van der Waals surface area contributed by atoms with Crippen LogP contribution in [0.3, 0.4) is 0 Å². The minimum Gasteiger partial charge on any atom is -0.480 e. The van der Waals surface area contributed by atoms with Gasteiger partial charge in [-0.2, -0.15) is 22.4 Å². The van der Waals surface area contributed by atoms with Crippen LogP contribution in [0.15, 0.2) is 6.07 Å². The van der Waals surface area contributed by atoms with Crippen LogP contribution in [0, 0.1) is 13.8 Å². The largest absolute Gasteiger partial charge is 0.480 e. The Balaban J connectivity index is 2.79. The Morgan fingerprint density at radius 1 is 1.62 bits per heavy atom. The number of carboxylic acid groups (broad SMARTS) is 1. The molecule has 0 radical (unpaired) electrons. The zero-order valence-corrected chi connectivity index (χ0v) is 9.86. The molecule has 1 heterocycles. The summed E-state index contributed by atoms with van der Waals surface area (Å²) in [5.74, 6) is -1.09. The first-order chi connectivity index (χ1) is 7.45. The fourth-order valence-corrected chi connectivity index (χ4v) is 1.48. The van der Waals surface area contributed by atoms with Gasteiger partial charge in [0.25, 0.3) is 0 Å². The van der Waals surface area contributed by atoms with E-state index < -0.39 is 18.0 Å². The second kappa shape index (κ2) is 5.02. The summed E-state index contributed by atoms with van der Waals surface area (Å²) in [5.41, 5.74) is 1.35. The Morgan fingerprint density at radius 3 is 2.62 bits per heavy atom. The number of carboxylic acids is 1. The highest BCUT2D eigenvalue weighted by Crippen LogP contribution is 2.01. The lowest BCUT2D eigenvalue weighted by atomic mass is 10.3. The summed E-state index contributed by atoms with van der Waals surface area (Å²) in [5, 5.41) is 15.0. The van der Waals surface area contributed by atoms with Crippen molar-refractivity contribution >= 4 is 24.6 Å². The Kier molecular flexibility index (Phi) is 3.94. The van der Waals surface area contributed by atoms with E-state index in [4.69, 9.17) is 5.11 Å². The first kappa shape index (κ1) is 12.6. The number of carbonyl (C=O) groups excluding carboxylic acids is 1. The molecule has 7 heteroatoms. The number of amides is 1. The SMILES string of the molecule is Cc1cc(C)n(C(=O)NC(CS)C(=O)O)n1. The van der Waals surface area contributed by atoms with Gasteiger partial charge in [0.1, 0.15) is 6.04 Å². The molecule has 0 saturated carbocycles. The Bertz CT molecular complexity index is 416. The molecule has 0 aromatic carbocycles. The fourth-order valence-electron chi connectivity index (χ4n) is 1.23. The second-order valence-corrected chi connectivity index (χ2v) is 3.73. The molecule has 0 aliphatic rings. The van der Waals surface area contributed by atoms with Crippen molar-refractivity contribution in [3.8, 4) is 0 Å². The van der Waals surface area contributed by atoms with Crippen LogP contribution >= 0.6 is 12.6 Å². The number of rotatable bonds is 3. The molecule has 0 bridgehead atoms. The summed E-state index contributed by atoms with van der Waals surface area (Å²) in [7, 11) is 0. The van der Waals surface area contributed by atoms with Gasteiger partial charge in [-0.1, -0.05) is 0 Å². The van der Waals surface area contributed by atoms with E-state index in [9.17, 15) is 9.59 Å². The van der Waals surface area contributed by atoms with Crippen LogP contribution in [0.2, 0.25) is 0 Å². The normalized spacial score (nSPS) is 12.2. The second-order valence-electron chi connectivity index (χ2n) is 3.36. The van der Waals surface area contributed by atoms with Gasteiger partial charge in [-0.15, -0.1) is 0 Å². The summed E-state index contributed by atoms with van der Waals surface area (Å²) in [6, 6.07) is 0.155. The van der Waals surface area contributed by atoms with Crippen molar-refractivity contribution in [2.24, 2.45) is 0 Å². The van der Waals surface area contributed by atoms with Crippen LogP contribution in [-0.2, 0) is 4.79 Å². The molecule has 0 aliphatic heterocycles. The quantitative estimate of drug-likeness (QED) is 0.673. The lowest BCUT2D eigenvalue weighted by Gasteiger charge is -2.12. The molecule has 0 saturated heterocycles. The average molecular weight is 243 g/mol. The molecule has 1 atom stereocenters. The Morgan fingerprint density at radius 2 is 2.25 bits per heavy atom. The Hall–Kier alpha value is -1.50. The number of carbonyl (C=O) groups is 2. The molecule has 0 aliphatic carbocycles. The molecule has 0 fully saturated rings. The highest BCUT2D eigenvalue weighted by Gasteiger charge is 2.20. The van der Waals surface area contributed by atoms with Crippen molar-refractivity contribution < 1.29 is 14.7 Å². The van der Waals surface area contributed by atoms with Crippen molar-refractivity contribution in [2.45, 2.75) is 19.9 Å². The molecule has 6 nitrogen and oxygen atoms in total. The van der Waals surface area contributed by atoms with Crippen LogP contribution in [0.4, 0.5) is 4.79 Å². The van der Waals surface area contributed by atoms with Gasteiger partial charge in [0, 0.05) is 11.4 Å². The standard InChI is InChI=1S/C9H13N3O3S/c1-5-3-6(2)12(11-5)9(15)10-7(4-16)8(13)14/h3,7,16H,4H2,1-2H3,(H,10,15)(H,13,14). The summed E-state index contributed by atoms with van der Waals surface area (Å²) in [6.07, 6.45) is 0. The third-order valence-electron chi connectivity index (χ3n) is 1.98. The van der Waals surface area contributed by atoms with Gasteiger partial charge in [0.05, 0.1) is 5.69 Å². The molecule has 1 amide bonds. The van der Waals surface area contributed by atoms with Crippen LogP contribution < -0.4 is 5.32 Å². The van der Waals surface area contributed by atoms with Crippen molar-refractivity contribution in [1.82, 2.24) is 15.1 Å². The van der Waals surface area contributed by atoms with E-state index in [1.54, 1.807) is 19.9 Å². The number of aliphatic carboxylic acids is 1. The van der Waals surface area contributed by atoms with Crippen molar-refractivity contribution in [2.75, 3.05) is 5.75 Å². The molecule has 1 unspecified atom stereocenters. The maximum absolute atomic E-state index is 11.6. The smallest absolute Gasteiger partial charge is 0.343 e. The van der Waals surface area contributed by atoms with E-state index in [-0.39, 0.29) is 5.75 Å². The maximum atomic E-state index is 11.6. The van der Waals surface area contributed by atoms with E-state index in [0.29, 0.717) is 11.4 Å². The van der Waals surface area contributed by atoms with Crippen LogP contribution in [-0.4, -0.2) is 38.7 Å². The van der Waals surface area contributed by atoms with Gasteiger partial charge < -0.3 is 10.4 Å². The summed E-state index contributed by atoms with van der Waals surface area (Å²) < 4.78 is 1.13. The number of hydrogen-bond donors (Lipinski definition) is 3. The Labute approximate surface area is 98.1 Å². The van der Waals surface area contributed by atoms with Crippen molar-refractivity contribution in [3.05, 3.63) is 17.5 Å². The number of hydrogen-bond acceptors (Lipinski definition) is 4. The predicted molar refractivity (Wildman–Crippen MR) is 60.9 cm³/mol. The zero-order chi connectivity index (χ0) is 12.3. The fraction of sp³-hybridized carbons (Fsp3) is 0.444. The summed E-state index contributed by atoms with van der Waals surface area (Å²) in [6.45, 7) is 3.47. The van der Waals surface area contributed by atoms with Gasteiger partial charge >= 0.3 is 12.0 Å². The maximum Gasteiger partial charge on any atom is 0.343 e. The lowest BCUT2D eigenvalue weighted by molar-refractivity contribution is -0.138. The molecule has 2 N–H and O–H groups in total. The third kappa shape index (κ3) is 2.75. The summed E-state index contributed by atoms with van der Waals surface area (Å²) in [4.78, 5) is 22.3. The van der Waals surface area contributed by atoms with Crippen molar-refractivity contribution in [1.29, 1.82) is 0 Å². The molecule has 1 aromatic rings. The topological polar surface area (TPSA) is 84.2 Å². The number of nitrogens with zero attached hydrogens (tertiary/aromatic N) is 2.